The molecule has 0 aromatic heterocycles. The molecule has 0 fully saturated rings. The number of carbonyl (C=O) groups excluding carboxylic acids is 1. The van der Waals surface area contributed by atoms with Crippen molar-refractivity contribution in [2.75, 3.05) is 20.3 Å². The zero-order chi connectivity index (χ0) is 13.1. The molecule has 0 saturated carbocycles. The molecule has 0 spiro atoms. The van der Waals surface area contributed by atoms with E-state index in [1.54, 1.807) is 0 Å². The van der Waals surface area contributed by atoms with E-state index in [4.69, 9.17) is 0 Å². The van der Waals surface area contributed by atoms with Crippen LogP contribution in [0.5, 0.6) is 0 Å². The molecule has 0 aliphatic carbocycles. The Morgan fingerprint density at radius 2 is 1.71 bits per heavy atom. The first-order valence-corrected chi connectivity index (χ1v) is 5.78. The van der Waals surface area contributed by atoms with E-state index in [0.29, 0.717) is 6.61 Å². The second kappa shape index (κ2) is 9.85. The number of hydrogen-bond donors (Lipinski definition) is 0. The maximum Gasteiger partial charge on any atom is 0.332 e. The van der Waals surface area contributed by atoms with Crippen LogP contribution < -0.4 is 0 Å². The number of benzene rings is 1. The van der Waals surface area contributed by atoms with Gasteiger partial charge in [-0.25, -0.2) is 4.79 Å². The fourth-order valence-electron chi connectivity index (χ4n) is 1.04. The van der Waals surface area contributed by atoms with E-state index in [1.165, 1.54) is 18.2 Å². The Balaban J connectivity index is 0.000000302. The molecule has 0 atom stereocenters. The summed E-state index contributed by atoms with van der Waals surface area (Å²) in [5.41, 5.74) is 2.74. The smallest absolute Gasteiger partial charge is 0.332 e. The lowest BCUT2D eigenvalue weighted by atomic mass is 10.1. The Labute approximate surface area is 104 Å². The van der Waals surface area contributed by atoms with Gasteiger partial charge in [-0.3, -0.25) is 0 Å². The van der Waals surface area contributed by atoms with Crippen LogP contribution in [0.25, 0.3) is 0 Å². The summed E-state index contributed by atoms with van der Waals surface area (Å²) in [4.78, 5) is 10.5. The second-order valence-electron chi connectivity index (χ2n) is 3.74. The van der Waals surface area contributed by atoms with Gasteiger partial charge in [-0.1, -0.05) is 31.2 Å². The lowest BCUT2D eigenvalue weighted by molar-refractivity contribution is -0.147. The monoisotopic (exact) mass is 238 g/mol. The first kappa shape index (κ1) is 15.7. The van der Waals surface area contributed by atoms with Crippen molar-refractivity contribution in [1.82, 2.24) is 0 Å². The van der Waals surface area contributed by atoms with Crippen LogP contribution in [0.3, 0.4) is 0 Å². The highest BCUT2D eigenvalue weighted by atomic mass is 16.6. The van der Waals surface area contributed by atoms with Crippen molar-refractivity contribution >= 4 is 5.97 Å². The van der Waals surface area contributed by atoms with Crippen molar-refractivity contribution in [1.29, 1.82) is 0 Å². The fourth-order valence-corrected chi connectivity index (χ4v) is 1.04. The summed E-state index contributed by atoms with van der Waals surface area (Å²) in [5.74, 6) is -0.292. The van der Waals surface area contributed by atoms with Crippen LogP contribution in [0, 0.1) is 13.8 Å². The van der Waals surface area contributed by atoms with Crippen molar-refractivity contribution < 1.29 is 14.3 Å². The van der Waals surface area contributed by atoms with Gasteiger partial charge in [-0.15, -0.1) is 0 Å². The van der Waals surface area contributed by atoms with E-state index in [2.05, 4.69) is 47.6 Å². The number of hydrogen-bond acceptors (Lipinski definition) is 3. The Morgan fingerprint density at radius 1 is 1.18 bits per heavy atom. The van der Waals surface area contributed by atoms with Gasteiger partial charge in [0.2, 0.25) is 0 Å². The van der Waals surface area contributed by atoms with Crippen LogP contribution >= 0.6 is 0 Å². The molecule has 0 N–H and O–H groups in total. The van der Waals surface area contributed by atoms with E-state index >= 15 is 0 Å². The predicted molar refractivity (Wildman–Crippen MR) is 69.0 cm³/mol. The van der Waals surface area contributed by atoms with Crippen molar-refractivity contribution in [3.63, 3.8) is 0 Å². The quantitative estimate of drug-likeness (QED) is 0.757. The summed E-state index contributed by atoms with van der Waals surface area (Å²) < 4.78 is 9.19. The van der Waals surface area contributed by atoms with E-state index < -0.39 is 0 Å². The minimum absolute atomic E-state index is 0.0556. The van der Waals surface area contributed by atoms with Gasteiger partial charge in [0.25, 0.3) is 0 Å². The third-order valence-electron chi connectivity index (χ3n) is 2.15. The summed E-state index contributed by atoms with van der Waals surface area (Å²) in [5, 5.41) is 0. The first-order valence-electron chi connectivity index (χ1n) is 5.78. The van der Waals surface area contributed by atoms with Crippen LogP contribution in [0.15, 0.2) is 24.3 Å². The number of ether oxygens (including phenoxy) is 2. The van der Waals surface area contributed by atoms with E-state index in [0.717, 1.165) is 6.42 Å². The van der Waals surface area contributed by atoms with Crippen LogP contribution in [0.1, 0.15) is 24.5 Å². The van der Waals surface area contributed by atoms with Crippen LogP contribution in [0.4, 0.5) is 0 Å². The topological polar surface area (TPSA) is 35.5 Å². The molecule has 0 radical (unpaired) electrons. The molecule has 0 amide bonds. The molecule has 0 aliphatic heterocycles. The van der Waals surface area contributed by atoms with E-state index in [-0.39, 0.29) is 12.6 Å². The summed E-state index contributed by atoms with van der Waals surface area (Å²) in [6, 6.07) is 8.36. The zero-order valence-corrected chi connectivity index (χ0v) is 11.2. The minimum atomic E-state index is -0.292. The maximum atomic E-state index is 10.5. The van der Waals surface area contributed by atoms with Crippen LogP contribution in [-0.4, -0.2) is 26.3 Å². The molecule has 1 aromatic carbocycles. The van der Waals surface area contributed by atoms with Gasteiger partial charge in [0, 0.05) is 7.11 Å². The van der Waals surface area contributed by atoms with Gasteiger partial charge in [0.05, 0.1) is 6.61 Å². The molecular weight excluding hydrogens is 216 g/mol. The molecule has 3 nitrogen and oxygen atoms in total. The number of carbonyl (C=O) groups is 1. The molecule has 0 bridgehead atoms. The highest BCUT2D eigenvalue weighted by Gasteiger charge is 1.97. The highest BCUT2D eigenvalue weighted by molar-refractivity contribution is 5.70. The average Bonchev–Trinajstić information content (AvgIpc) is 2.32. The van der Waals surface area contributed by atoms with E-state index in [9.17, 15) is 4.79 Å². The van der Waals surface area contributed by atoms with Gasteiger partial charge in [0.1, 0.15) is 6.61 Å². The summed E-state index contributed by atoms with van der Waals surface area (Å²) >= 11 is 0. The van der Waals surface area contributed by atoms with Crippen LogP contribution in [0.2, 0.25) is 0 Å². The lowest BCUT2D eigenvalue weighted by Crippen LogP contribution is -2.11. The normalized spacial score (nSPS) is 9.18. The summed E-state index contributed by atoms with van der Waals surface area (Å²) in [6.07, 6.45) is 0.857. The standard InChI is InChI=1S/C8H10.C6H12O3/c1-7-5-3-4-6-8(7)2;1-3-4-9-6(7)5-8-2/h3-6H,1-2H3;3-5H2,1-2H3. The number of methoxy groups -OCH3 is 1. The molecule has 1 rings (SSSR count). The van der Waals surface area contributed by atoms with Crippen molar-refractivity contribution in [2.24, 2.45) is 0 Å². The molecule has 17 heavy (non-hydrogen) atoms. The molecule has 0 heterocycles. The van der Waals surface area contributed by atoms with Gasteiger partial charge in [-0.05, 0) is 31.4 Å². The van der Waals surface area contributed by atoms with Gasteiger partial charge < -0.3 is 9.47 Å². The molecule has 1 aromatic rings. The van der Waals surface area contributed by atoms with Crippen molar-refractivity contribution in [3.8, 4) is 0 Å². The van der Waals surface area contributed by atoms with Gasteiger partial charge in [0.15, 0.2) is 0 Å². The average molecular weight is 238 g/mol. The lowest BCUT2D eigenvalue weighted by Gasteiger charge is -1.99. The number of rotatable bonds is 4. The molecule has 0 aliphatic rings. The fraction of sp³-hybridized carbons (Fsp3) is 0.500. The van der Waals surface area contributed by atoms with Crippen molar-refractivity contribution in [2.45, 2.75) is 27.2 Å². The van der Waals surface area contributed by atoms with Crippen molar-refractivity contribution in [3.05, 3.63) is 35.4 Å². The Hall–Kier alpha value is -1.35. The third kappa shape index (κ3) is 8.46. The van der Waals surface area contributed by atoms with Gasteiger partial charge in [-0.2, -0.15) is 0 Å². The number of esters is 1. The third-order valence-corrected chi connectivity index (χ3v) is 2.15. The molecule has 0 saturated heterocycles. The van der Waals surface area contributed by atoms with Crippen LogP contribution in [-0.2, 0) is 14.3 Å². The van der Waals surface area contributed by atoms with Gasteiger partial charge >= 0.3 is 5.97 Å². The number of aryl methyl sites for hydroxylation is 2. The highest BCUT2D eigenvalue weighted by Crippen LogP contribution is 2.02. The molecule has 96 valence electrons. The van der Waals surface area contributed by atoms with E-state index in [1.807, 2.05) is 6.92 Å². The molecule has 0 unspecified atom stereocenters. The largest absolute Gasteiger partial charge is 0.464 e. The SMILES string of the molecule is CCCOC(=O)COC.Cc1ccccc1C. The maximum absolute atomic E-state index is 10.5. The second-order valence-corrected chi connectivity index (χ2v) is 3.74. The first-order chi connectivity index (χ1) is 8.11. The Kier molecular flexibility index (Phi) is 9.06. The Bertz CT molecular complexity index is 300. The Morgan fingerprint density at radius 3 is 2.06 bits per heavy atom. The zero-order valence-electron chi connectivity index (χ0n) is 11.2. The predicted octanol–water partition coefficient (Wildman–Crippen LogP) is 2.89. The minimum Gasteiger partial charge on any atom is -0.464 e. The molecular formula is C14H22O3. The molecule has 3 heteroatoms. The summed E-state index contributed by atoms with van der Waals surface area (Å²) in [7, 11) is 1.47. The summed E-state index contributed by atoms with van der Waals surface area (Å²) in [6.45, 7) is 6.73.